The Morgan fingerprint density at radius 3 is 2.72 bits per heavy atom. The summed E-state index contributed by atoms with van der Waals surface area (Å²) in [6.45, 7) is 3.34. The number of nitrogens with one attached hydrogen (secondary N) is 1. The SMILES string of the molecule is COCCNCCCOc1cccc(N(C)C)c1. The lowest BCUT2D eigenvalue weighted by Gasteiger charge is -2.14. The van der Waals surface area contributed by atoms with Gasteiger partial charge in [-0.05, 0) is 25.1 Å². The summed E-state index contributed by atoms with van der Waals surface area (Å²) in [6.07, 6.45) is 0.996. The van der Waals surface area contributed by atoms with Crippen LogP contribution in [0.1, 0.15) is 6.42 Å². The highest BCUT2D eigenvalue weighted by Crippen LogP contribution is 2.19. The molecule has 1 N–H and O–H groups in total. The lowest BCUT2D eigenvalue weighted by molar-refractivity contribution is 0.198. The third-order valence-corrected chi connectivity index (χ3v) is 2.58. The van der Waals surface area contributed by atoms with Gasteiger partial charge < -0.3 is 19.7 Å². The van der Waals surface area contributed by atoms with Gasteiger partial charge in [0, 0.05) is 39.5 Å². The fourth-order valence-corrected chi connectivity index (χ4v) is 1.54. The fraction of sp³-hybridized carbons (Fsp3) is 0.571. The molecule has 1 aromatic rings. The lowest BCUT2D eigenvalue weighted by atomic mass is 10.3. The number of anilines is 1. The molecule has 0 amide bonds. The molecule has 1 rings (SSSR count). The van der Waals surface area contributed by atoms with Gasteiger partial charge in [0.05, 0.1) is 13.2 Å². The molecule has 0 aliphatic heterocycles. The molecular formula is C14H24N2O2. The number of methoxy groups -OCH3 is 1. The van der Waals surface area contributed by atoms with Crippen molar-refractivity contribution in [3.63, 3.8) is 0 Å². The topological polar surface area (TPSA) is 33.7 Å². The maximum absolute atomic E-state index is 5.71. The molecule has 102 valence electrons. The Kier molecular flexibility index (Phi) is 7.22. The Hall–Kier alpha value is -1.26. The molecule has 18 heavy (non-hydrogen) atoms. The zero-order valence-electron chi connectivity index (χ0n) is 11.6. The van der Waals surface area contributed by atoms with Crippen LogP contribution >= 0.6 is 0 Å². The molecule has 0 aliphatic rings. The minimum absolute atomic E-state index is 0.733. The smallest absolute Gasteiger partial charge is 0.121 e. The molecule has 0 bridgehead atoms. The summed E-state index contributed by atoms with van der Waals surface area (Å²) in [5.41, 5.74) is 1.16. The predicted molar refractivity (Wildman–Crippen MR) is 75.6 cm³/mol. The van der Waals surface area contributed by atoms with E-state index in [2.05, 4.69) is 22.3 Å². The standard InChI is InChI=1S/C14H24N2O2/c1-16(2)13-6-4-7-14(12-13)18-10-5-8-15-9-11-17-3/h4,6-7,12,15H,5,8-11H2,1-3H3. The molecule has 0 saturated carbocycles. The molecule has 0 aromatic heterocycles. The summed E-state index contributed by atoms with van der Waals surface area (Å²) in [5.74, 6) is 0.929. The second kappa shape index (κ2) is 8.78. The maximum atomic E-state index is 5.71. The molecule has 0 fully saturated rings. The largest absolute Gasteiger partial charge is 0.493 e. The first-order chi connectivity index (χ1) is 8.74. The van der Waals surface area contributed by atoms with E-state index in [1.54, 1.807) is 7.11 Å². The van der Waals surface area contributed by atoms with Gasteiger partial charge in [-0.1, -0.05) is 6.07 Å². The first kappa shape index (κ1) is 14.8. The van der Waals surface area contributed by atoms with Crippen LogP contribution in [-0.4, -0.2) is 47.5 Å². The van der Waals surface area contributed by atoms with Gasteiger partial charge in [0.2, 0.25) is 0 Å². The third-order valence-electron chi connectivity index (χ3n) is 2.58. The van der Waals surface area contributed by atoms with Crippen LogP contribution in [0.2, 0.25) is 0 Å². The first-order valence-corrected chi connectivity index (χ1v) is 6.34. The third kappa shape index (κ3) is 5.89. The van der Waals surface area contributed by atoms with Crippen molar-refractivity contribution in [3.05, 3.63) is 24.3 Å². The molecule has 0 atom stereocenters. The average molecular weight is 252 g/mol. The molecule has 0 radical (unpaired) electrons. The normalized spacial score (nSPS) is 10.4. The Morgan fingerprint density at radius 2 is 2.00 bits per heavy atom. The Labute approximate surface area is 110 Å². The number of rotatable bonds is 9. The predicted octanol–water partition coefficient (Wildman–Crippen LogP) is 1.76. The highest BCUT2D eigenvalue weighted by molar-refractivity contribution is 5.49. The van der Waals surface area contributed by atoms with Crippen LogP contribution in [0, 0.1) is 0 Å². The van der Waals surface area contributed by atoms with Crippen LogP contribution < -0.4 is 15.0 Å². The molecule has 4 nitrogen and oxygen atoms in total. The Bertz CT molecular complexity index is 329. The van der Waals surface area contributed by atoms with Gasteiger partial charge in [-0.25, -0.2) is 0 Å². The highest BCUT2D eigenvalue weighted by Gasteiger charge is 1.98. The molecule has 1 aromatic carbocycles. The van der Waals surface area contributed by atoms with Crippen LogP contribution in [0.25, 0.3) is 0 Å². The van der Waals surface area contributed by atoms with E-state index in [-0.39, 0.29) is 0 Å². The van der Waals surface area contributed by atoms with Crippen molar-refractivity contribution in [3.8, 4) is 5.75 Å². The van der Waals surface area contributed by atoms with Gasteiger partial charge >= 0.3 is 0 Å². The lowest BCUT2D eigenvalue weighted by Crippen LogP contribution is -2.21. The van der Waals surface area contributed by atoms with Crippen molar-refractivity contribution in [2.45, 2.75) is 6.42 Å². The molecular weight excluding hydrogens is 228 g/mol. The van der Waals surface area contributed by atoms with E-state index >= 15 is 0 Å². The van der Waals surface area contributed by atoms with Crippen molar-refractivity contribution < 1.29 is 9.47 Å². The van der Waals surface area contributed by atoms with Gasteiger partial charge in [0.1, 0.15) is 5.75 Å². The summed E-state index contributed by atoms with van der Waals surface area (Å²) in [4.78, 5) is 2.07. The number of hydrogen-bond acceptors (Lipinski definition) is 4. The van der Waals surface area contributed by atoms with Crippen molar-refractivity contribution in [1.82, 2.24) is 5.32 Å². The van der Waals surface area contributed by atoms with Crippen LogP contribution in [-0.2, 0) is 4.74 Å². The van der Waals surface area contributed by atoms with E-state index in [4.69, 9.17) is 9.47 Å². The number of hydrogen-bond donors (Lipinski definition) is 1. The zero-order chi connectivity index (χ0) is 13.2. The first-order valence-electron chi connectivity index (χ1n) is 6.34. The molecule has 0 aliphatic carbocycles. The number of ether oxygens (including phenoxy) is 2. The van der Waals surface area contributed by atoms with Crippen molar-refractivity contribution in [2.75, 3.05) is 52.4 Å². The minimum atomic E-state index is 0.733. The second-order valence-corrected chi connectivity index (χ2v) is 4.34. The van der Waals surface area contributed by atoms with E-state index in [1.807, 2.05) is 26.2 Å². The summed E-state index contributed by atoms with van der Waals surface area (Å²) in [7, 11) is 5.76. The summed E-state index contributed by atoms with van der Waals surface area (Å²) >= 11 is 0. The van der Waals surface area contributed by atoms with Crippen LogP contribution in [0.5, 0.6) is 5.75 Å². The molecule has 0 spiro atoms. The monoisotopic (exact) mass is 252 g/mol. The van der Waals surface area contributed by atoms with Crippen molar-refractivity contribution in [2.24, 2.45) is 0 Å². The molecule has 0 unspecified atom stereocenters. The average Bonchev–Trinajstić information content (AvgIpc) is 2.38. The van der Waals surface area contributed by atoms with Crippen molar-refractivity contribution in [1.29, 1.82) is 0 Å². The van der Waals surface area contributed by atoms with E-state index in [0.717, 1.165) is 44.2 Å². The summed E-state index contributed by atoms with van der Waals surface area (Å²) in [6, 6.07) is 8.13. The van der Waals surface area contributed by atoms with E-state index in [0.29, 0.717) is 0 Å². The second-order valence-electron chi connectivity index (χ2n) is 4.34. The summed E-state index contributed by atoms with van der Waals surface area (Å²) < 4.78 is 10.7. The van der Waals surface area contributed by atoms with Gasteiger partial charge in [0.15, 0.2) is 0 Å². The summed E-state index contributed by atoms with van der Waals surface area (Å²) in [5, 5.41) is 3.29. The minimum Gasteiger partial charge on any atom is -0.493 e. The molecule has 0 saturated heterocycles. The number of nitrogens with zero attached hydrogens (tertiary/aromatic N) is 1. The van der Waals surface area contributed by atoms with Gasteiger partial charge in [-0.3, -0.25) is 0 Å². The van der Waals surface area contributed by atoms with Gasteiger partial charge in [-0.15, -0.1) is 0 Å². The number of benzene rings is 1. The Morgan fingerprint density at radius 1 is 1.17 bits per heavy atom. The van der Waals surface area contributed by atoms with Crippen LogP contribution in [0.15, 0.2) is 24.3 Å². The zero-order valence-corrected chi connectivity index (χ0v) is 11.6. The van der Waals surface area contributed by atoms with Crippen molar-refractivity contribution >= 4 is 5.69 Å². The highest BCUT2D eigenvalue weighted by atomic mass is 16.5. The Balaban J connectivity index is 2.17. The quantitative estimate of drug-likeness (QED) is 0.679. The van der Waals surface area contributed by atoms with Crippen LogP contribution in [0.4, 0.5) is 5.69 Å². The maximum Gasteiger partial charge on any atom is 0.121 e. The van der Waals surface area contributed by atoms with E-state index in [1.165, 1.54) is 0 Å². The van der Waals surface area contributed by atoms with E-state index < -0.39 is 0 Å². The van der Waals surface area contributed by atoms with E-state index in [9.17, 15) is 0 Å². The fourth-order valence-electron chi connectivity index (χ4n) is 1.54. The van der Waals surface area contributed by atoms with Gasteiger partial charge in [-0.2, -0.15) is 0 Å². The molecule has 0 heterocycles. The van der Waals surface area contributed by atoms with Crippen LogP contribution in [0.3, 0.4) is 0 Å². The molecule has 4 heteroatoms. The van der Waals surface area contributed by atoms with Gasteiger partial charge in [0.25, 0.3) is 0 Å².